The molecule has 0 spiro atoms. The topological polar surface area (TPSA) is 109 Å². The van der Waals surface area contributed by atoms with E-state index in [1.54, 1.807) is 54.6 Å². The highest BCUT2D eigenvalue weighted by molar-refractivity contribution is 9.10. The highest BCUT2D eigenvalue weighted by Gasteiger charge is 2.12. The van der Waals surface area contributed by atoms with Crippen LogP contribution in [0.25, 0.3) is 0 Å². The molecule has 0 unspecified atom stereocenters. The summed E-state index contributed by atoms with van der Waals surface area (Å²) < 4.78 is 6.13. The maximum atomic E-state index is 12.4. The first-order valence-corrected chi connectivity index (χ1v) is 11.8. The highest BCUT2D eigenvalue weighted by Crippen LogP contribution is 2.27. The van der Waals surface area contributed by atoms with E-state index in [2.05, 4.69) is 37.4 Å². The first-order chi connectivity index (χ1) is 16.7. The van der Waals surface area contributed by atoms with Crippen molar-refractivity contribution in [3.63, 3.8) is 0 Å². The summed E-state index contributed by atoms with van der Waals surface area (Å²) in [5, 5.41) is 5.40. The first kappa shape index (κ1) is 26.1. The molecule has 3 rings (SSSR count). The maximum absolute atomic E-state index is 12.4. The molecule has 0 aromatic heterocycles. The zero-order valence-electron chi connectivity index (χ0n) is 18.4. The monoisotopic (exact) mass is 574 g/mol. The van der Waals surface area contributed by atoms with Gasteiger partial charge >= 0.3 is 0 Å². The quantitative estimate of drug-likeness (QED) is 0.257. The molecule has 0 aliphatic heterocycles. The van der Waals surface area contributed by atoms with Crippen LogP contribution in [0.4, 0.5) is 5.69 Å². The number of hydrogen-bond donors (Lipinski definition) is 4. The lowest BCUT2D eigenvalue weighted by molar-refractivity contribution is -0.121. The van der Waals surface area contributed by atoms with E-state index < -0.39 is 11.8 Å². The lowest BCUT2D eigenvalue weighted by Crippen LogP contribution is -2.49. The Labute approximate surface area is 220 Å². The Bertz CT molecular complexity index is 1270. The number of aryl methyl sites for hydroxylation is 1. The van der Waals surface area contributed by atoms with Gasteiger partial charge in [-0.25, -0.2) is 0 Å². The Morgan fingerprint density at radius 1 is 0.971 bits per heavy atom. The SMILES string of the molecule is Cc1ccccc1C(=O)Nc1ccc(C(=O)NNC(=S)NC(=O)COc2ccc(Br)cc2Cl)cc1. The van der Waals surface area contributed by atoms with Crippen molar-refractivity contribution in [3.8, 4) is 5.75 Å². The Hall–Kier alpha value is -3.47. The molecule has 0 heterocycles. The molecular weight excluding hydrogens is 556 g/mol. The van der Waals surface area contributed by atoms with Crippen LogP contribution in [-0.2, 0) is 4.79 Å². The van der Waals surface area contributed by atoms with Gasteiger partial charge in [0.2, 0.25) is 0 Å². The van der Waals surface area contributed by atoms with Crippen LogP contribution in [0.15, 0.2) is 71.2 Å². The van der Waals surface area contributed by atoms with E-state index in [0.717, 1.165) is 10.0 Å². The van der Waals surface area contributed by atoms with Gasteiger partial charge in [-0.15, -0.1) is 0 Å². The number of ether oxygens (including phenoxy) is 1. The van der Waals surface area contributed by atoms with Gasteiger partial charge in [0.05, 0.1) is 5.02 Å². The minimum atomic E-state index is -0.538. The van der Waals surface area contributed by atoms with E-state index in [0.29, 0.717) is 27.6 Å². The van der Waals surface area contributed by atoms with Gasteiger partial charge < -0.3 is 10.1 Å². The third kappa shape index (κ3) is 7.78. The second-order valence-corrected chi connectivity index (χ2v) is 8.90. The molecule has 0 bridgehead atoms. The minimum Gasteiger partial charge on any atom is -0.482 e. The zero-order valence-corrected chi connectivity index (χ0v) is 21.5. The number of halogens is 2. The van der Waals surface area contributed by atoms with Gasteiger partial charge in [-0.1, -0.05) is 45.7 Å². The number of benzene rings is 3. The fraction of sp³-hybridized carbons (Fsp3) is 0.0833. The van der Waals surface area contributed by atoms with Gasteiger partial charge in [0.25, 0.3) is 17.7 Å². The van der Waals surface area contributed by atoms with Gasteiger partial charge in [-0.3, -0.25) is 30.6 Å². The second kappa shape index (κ2) is 12.3. The largest absolute Gasteiger partial charge is 0.482 e. The predicted molar refractivity (Wildman–Crippen MR) is 142 cm³/mol. The summed E-state index contributed by atoms with van der Waals surface area (Å²) >= 11 is 14.3. The van der Waals surface area contributed by atoms with E-state index in [9.17, 15) is 14.4 Å². The molecule has 0 aliphatic rings. The molecule has 3 aromatic rings. The van der Waals surface area contributed by atoms with Crippen molar-refractivity contribution in [2.75, 3.05) is 11.9 Å². The van der Waals surface area contributed by atoms with Crippen LogP contribution in [0, 0.1) is 6.92 Å². The van der Waals surface area contributed by atoms with Crippen molar-refractivity contribution in [3.05, 3.63) is 92.9 Å². The summed E-state index contributed by atoms with van der Waals surface area (Å²) in [4.78, 5) is 36.7. The molecule has 4 N–H and O–H groups in total. The van der Waals surface area contributed by atoms with Crippen LogP contribution >= 0.6 is 39.7 Å². The number of carbonyl (C=O) groups is 3. The van der Waals surface area contributed by atoms with Gasteiger partial charge in [-0.05, 0) is 73.2 Å². The highest BCUT2D eigenvalue weighted by atomic mass is 79.9. The van der Waals surface area contributed by atoms with Crippen molar-refractivity contribution >= 4 is 68.3 Å². The van der Waals surface area contributed by atoms with Crippen LogP contribution in [0.5, 0.6) is 5.75 Å². The Morgan fingerprint density at radius 3 is 2.37 bits per heavy atom. The van der Waals surface area contributed by atoms with Gasteiger partial charge in [0, 0.05) is 21.3 Å². The van der Waals surface area contributed by atoms with Gasteiger partial charge in [0.1, 0.15) is 5.75 Å². The van der Waals surface area contributed by atoms with E-state index >= 15 is 0 Å². The summed E-state index contributed by atoms with van der Waals surface area (Å²) in [5.41, 5.74) is 7.11. The number of thiocarbonyl (C=S) groups is 1. The molecule has 0 saturated heterocycles. The van der Waals surface area contributed by atoms with Gasteiger partial charge in [-0.2, -0.15) is 0 Å². The van der Waals surface area contributed by atoms with Crippen LogP contribution in [0.3, 0.4) is 0 Å². The number of hydrogen-bond acceptors (Lipinski definition) is 5. The third-order valence-electron chi connectivity index (χ3n) is 4.59. The normalized spacial score (nSPS) is 10.1. The van der Waals surface area contributed by atoms with E-state index in [1.165, 1.54) is 0 Å². The maximum Gasteiger partial charge on any atom is 0.269 e. The molecule has 0 radical (unpaired) electrons. The molecule has 35 heavy (non-hydrogen) atoms. The predicted octanol–water partition coefficient (Wildman–Crippen LogP) is 4.38. The van der Waals surface area contributed by atoms with Crippen LogP contribution < -0.4 is 26.2 Å². The van der Waals surface area contributed by atoms with Crippen molar-refractivity contribution in [1.82, 2.24) is 16.2 Å². The van der Waals surface area contributed by atoms with E-state index in [1.807, 2.05) is 19.1 Å². The summed E-state index contributed by atoms with van der Waals surface area (Å²) in [6.45, 7) is 1.53. The van der Waals surface area contributed by atoms with Crippen molar-refractivity contribution < 1.29 is 19.1 Å². The number of anilines is 1. The first-order valence-electron chi connectivity index (χ1n) is 10.2. The molecule has 0 atom stereocenters. The van der Waals surface area contributed by atoms with E-state index in [-0.39, 0.29) is 17.6 Å². The van der Waals surface area contributed by atoms with E-state index in [4.69, 9.17) is 28.6 Å². The van der Waals surface area contributed by atoms with Crippen LogP contribution in [-0.4, -0.2) is 29.4 Å². The van der Waals surface area contributed by atoms with Gasteiger partial charge in [0.15, 0.2) is 11.7 Å². The Balaban J connectivity index is 1.44. The standard InChI is InChI=1S/C24H20BrClN4O4S/c1-14-4-2-3-5-18(14)23(33)27-17-9-6-15(7-10-17)22(32)29-30-24(35)28-21(31)13-34-20-11-8-16(25)12-19(20)26/h2-12H,13H2,1H3,(H,27,33)(H,29,32)(H2,28,30,31,35). The zero-order chi connectivity index (χ0) is 25.4. The van der Waals surface area contributed by atoms with Crippen molar-refractivity contribution in [1.29, 1.82) is 0 Å². The van der Waals surface area contributed by atoms with Crippen LogP contribution in [0.2, 0.25) is 5.02 Å². The van der Waals surface area contributed by atoms with Crippen molar-refractivity contribution in [2.45, 2.75) is 6.92 Å². The lowest BCUT2D eigenvalue weighted by Gasteiger charge is -2.12. The lowest BCUT2D eigenvalue weighted by atomic mass is 10.1. The number of amides is 3. The Morgan fingerprint density at radius 2 is 1.69 bits per heavy atom. The van der Waals surface area contributed by atoms with Crippen LogP contribution in [0.1, 0.15) is 26.3 Å². The summed E-state index contributed by atoms with van der Waals surface area (Å²) in [6.07, 6.45) is 0. The second-order valence-electron chi connectivity index (χ2n) is 7.17. The Kier molecular flexibility index (Phi) is 9.18. The molecule has 0 fully saturated rings. The molecule has 180 valence electrons. The smallest absolute Gasteiger partial charge is 0.269 e. The molecular formula is C24H20BrClN4O4S. The average molecular weight is 576 g/mol. The number of hydrazine groups is 1. The summed E-state index contributed by atoms with van der Waals surface area (Å²) in [7, 11) is 0. The molecule has 0 aliphatic carbocycles. The molecule has 11 heteroatoms. The number of nitrogens with one attached hydrogen (secondary N) is 4. The fourth-order valence-electron chi connectivity index (χ4n) is 2.85. The fourth-order valence-corrected chi connectivity index (χ4v) is 3.74. The number of carbonyl (C=O) groups excluding carboxylic acids is 3. The number of rotatable bonds is 6. The summed E-state index contributed by atoms with van der Waals surface area (Å²) in [5.74, 6) is -0.925. The third-order valence-corrected chi connectivity index (χ3v) is 5.58. The summed E-state index contributed by atoms with van der Waals surface area (Å²) in [6, 6.07) is 18.5. The average Bonchev–Trinajstić information content (AvgIpc) is 2.82. The molecule has 3 amide bonds. The molecule has 0 saturated carbocycles. The van der Waals surface area contributed by atoms with Crippen molar-refractivity contribution in [2.24, 2.45) is 0 Å². The molecule has 8 nitrogen and oxygen atoms in total. The molecule has 3 aromatic carbocycles. The minimum absolute atomic E-state index is 0.115.